The SMILES string of the molecule is Cc1ccc(CN2CC[C@@H]3[C@@H]2CCN3C2CCOC2)o1. The molecule has 0 spiro atoms. The van der Waals surface area contributed by atoms with Gasteiger partial charge in [-0.3, -0.25) is 9.80 Å². The van der Waals surface area contributed by atoms with Crippen molar-refractivity contribution in [2.24, 2.45) is 0 Å². The van der Waals surface area contributed by atoms with Crippen molar-refractivity contribution in [1.29, 1.82) is 0 Å². The summed E-state index contributed by atoms with van der Waals surface area (Å²) >= 11 is 0. The van der Waals surface area contributed by atoms with Gasteiger partial charge in [-0.25, -0.2) is 0 Å². The zero-order chi connectivity index (χ0) is 13.5. The number of aryl methyl sites for hydroxylation is 1. The molecule has 4 heteroatoms. The number of furan rings is 1. The van der Waals surface area contributed by atoms with Gasteiger partial charge < -0.3 is 9.15 Å². The molecule has 0 aromatic carbocycles. The summed E-state index contributed by atoms with van der Waals surface area (Å²) in [5.74, 6) is 2.14. The highest BCUT2D eigenvalue weighted by molar-refractivity contribution is 5.08. The summed E-state index contributed by atoms with van der Waals surface area (Å²) in [5, 5.41) is 0. The van der Waals surface area contributed by atoms with E-state index in [1.807, 2.05) is 6.92 Å². The van der Waals surface area contributed by atoms with Crippen molar-refractivity contribution in [2.45, 2.75) is 50.9 Å². The van der Waals surface area contributed by atoms with E-state index in [0.717, 1.165) is 43.4 Å². The van der Waals surface area contributed by atoms with Crippen LogP contribution in [0.4, 0.5) is 0 Å². The molecule has 3 saturated heterocycles. The summed E-state index contributed by atoms with van der Waals surface area (Å²) in [6.07, 6.45) is 3.84. The minimum atomic E-state index is 0.677. The van der Waals surface area contributed by atoms with Crippen LogP contribution in [-0.2, 0) is 11.3 Å². The van der Waals surface area contributed by atoms with E-state index < -0.39 is 0 Å². The number of rotatable bonds is 3. The lowest BCUT2D eigenvalue weighted by Gasteiger charge is -2.29. The molecule has 0 N–H and O–H groups in total. The zero-order valence-corrected chi connectivity index (χ0v) is 12.3. The number of ether oxygens (including phenoxy) is 1. The number of hydrogen-bond donors (Lipinski definition) is 0. The van der Waals surface area contributed by atoms with Crippen LogP contribution in [0.2, 0.25) is 0 Å². The molecule has 3 aliphatic rings. The fourth-order valence-electron chi connectivity index (χ4n) is 4.31. The largest absolute Gasteiger partial charge is 0.465 e. The summed E-state index contributed by atoms with van der Waals surface area (Å²) < 4.78 is 11.3. The molecule has 4 nitrogen and oxygen atoms in total. The molecule has 110 valence electrons. The van der Waals surface area contributed by atoms with Crippen molar-refractivity contribution >= 4 is 0 Å². The van der Waals surface area contributed by atoms with Crippen molar-refractivity contribution in [3.8, 4) is 0 Å². The van der Waals surface area contributed by atoms with Gasteiger partial charge in [0.05, 0.1) is 13.2 Å². The molecule has 4 heterocycles. The van der Waals surface area contributed by atoms with Crippen molar-refractivity contribution < 1.29 is 9.15 Å². The lowest BCUT2D eigenvalue weighted by molar-refractivity contribution is 0.131. The van der Waals surface area contributed by atoms with Crippen LogP contribution >= 0.6 is 0 Å². The topological polar surface area (TPSA) is 28.9 Å². The molecule has 0 aliphatic carbocycles. The Labute approximate surface area is 120 Å². The summed E-state index contributed by atoms with van der Waals surface area (Å²) in [6, 6.07) is 6.34. The molecule has 3 aliphatic heterocycles. The standard InChI is InChI=1S/C16H24N2O2/c1-12-2-3-14(20-12)10-17-7-4-16-15(17)5-8-18(16)13-6-9-19-11-13/h2-3,13,15-16H,4-11H2,1H3/t13?,15-,16+/m0/s1. The Kier molecular flexibility index (Phi) is 3.33. The molecule has 3 atom stereocenters. The van der Waals surface area contributed by atoms with E-state index >= 15 is 0 Å². The van der Waals surface area contributed by atoms with E-state index in [9.17, 15) is 0 Å². The van der Waals surface area contributed by atoms with Gasteiger partial charge >= 0.3 is 0 Å². The second-order valence-electron chi connectivity index (χ2n) is 6.45. The van der Waals surface area contributed by atoms with Gasteiger partial charge in [0.2, 0.25) is 0 Å². The first-order valence-electron chi connectivity index (χ1n) is 7.94. The molecule has 4 rings (SSSR count). The van der Waals surface area contributed by atoms with Crippen molar-refractivity contribution in [1.82, 2.24) is 9.80 Å². The van der Waals surface area contributed by atoms with E-state index in [2.05, 4.69) is 21.9 Å². The van der Waals surface area contributed by atoms with Gasteiger partial charge in [-0.15, -0.1) is 0 Å². The van der Waals surface area contributed by atoms with Crippen molar-refractivity contribution in [3.05, 3.63) is 23.7 Å². The predicted octanol–water partition coefficient (Wildman–Crippen LogP) is 2.03. The van der Waals surface area contributed by atoms with Crippen LogP contribution < -0.4 is 0 Å². The summed E-state index contributed by atoms with van der Waals surface area (Å²) in [7, 11) is 0. The van der Waals surface area contributed by atoms with Gasteiger partial charge in [0.1, 0.15) is 11.5 Å². The second-order valence-corrected chi connectivity index (χ2v) is 6.45. The van der Waals surface area contributed by atoms with Crippen LogP contribution in [0.3, 0.4) is 0 Å². The first-order valence-corrected chi connectivity index (χ1v) is 7.94. The Bertz CT molecular complexity index is 467. The lowest BCUT2D eigenvalue weighted by Crippen LogP contribution is -2.42. The highest BCUT2D eigenvalue weighted by atomic mass is 16.5. The van der Waals surface area contributed by atoms with Crippen LogP contribution in [-0.4, -0.2) is 54.2 Å². The van der Waals surface area contributed by atoms with E-state index in [0.29, 0.717) is 6.04 Å². The van der Waals surface area contributed by atoms with Crippen molar-refractivity contribution in [3.63, 3.8) is 0 Å². The Morgan fingerprint density at radius 3 is 2.80 bits per heavy atom. The van der Waals surface area contributed by atoms with E-state index in [1.165, 1.54) is 32.4 Å². The fraction of sp³-hybridized carbons (Fsp3) is 0.750. The molecule has 1 unspecified atom stereocenters. The van der Waals surface area contributed by atoms with E-state index in [1.54, 1.807) is 0 Å². The molecule has 20 heavy (non-hydrogen) atoms. The number of likely N-dealkylation sites (tertiary alicyclic amines) is 2. The first-order chi connectivity index (χ1) is 9.81. The molecule has 0 bridgehead atoms. The van der Waals surface area contributed by atoms with Crippen LogP contribution in [0.5, 0.6) is 0 Å². The predicted molar refractivity (Wildman–Crippen MR) is 76.6 cm³/mol. The molecule has 0 saturated carbocycles. The van der Waals surface area contributed by atoms with Gasteiger partial charge in [0, 0.05) is 37.8 Å². The average Bonchev–Trinajstić information content (AvgIpc) is 3.16. The van der Waals surface area contributed by atoms with Crippen LogP contribution in [0, 0.1) is 6.92 Å². The van der Waals surface area contributed by atoms with E-state index in [4.69, 9.17) is 9.15 Å². The Balaban J connectivity index is 1.42. The third-order valence-electron chi connectivity index (χ3n) is 5.26. The number of nitrogens with zero attached hydrogens (tertiary/aromatic N) is 2. The lowest BCUT2D eigenvalue weighted by atomic mass is 10.1. The third-order valence-corrected chi connectivity index (χ3v) is 5.26. The van der Waals surface area contributed by atoms with Gasteiger partial charge in [-0.1, -0.05) is 0 Å². The summed E-state index contributed by atoms with van der Waals surface area (Å²) in [4.78, 5) is 5.35. The summed E-state index contributed by atoms with van der Waals surface area (Å²) in [6.45, 7) is 7.35. The molecule has 0 radical (unpaired) electrons. The van der Waals surface area contributed by atoms with Gasteiger partial charge in [-0.05, 0) is 38.3 Å². The molecular weight excluding hydrogens is 252 g/mol. The highest BCUT2D eigenvalue weighted by Gasteiger charge is 2.45. The van der Waals surface area contributed by atoms with Crippen molar-refractivity contribution in [2.75, 3.05) is 26.3 Å². The molecule has 3 fully saturated rings. The molecule has 1 aromatic rings. The van der Waals surface area contributed by atoms with Crippen LogP contribution in [0.15, 0.2) is 16.5 Å². The smallest absolute Gasteiger partial charge is 0.118 e. The van der Waals surface area contributed by atoms with Crippen LogP contribution in [0.25, 0.3) is 0 Å². The zero-order valence-electron chi connectivity index (χ0n) is 12.3. The average molecular weight is 276 g/mol. The monoisotopic (exact) mass is 276 g/mol. The minimum absolute atomic E-state index is 0.677. The quantitative estimate of drug-likeness (QED) is 0.844. The van der Waals surface area contributed by atoms with Crippen LogP contribution in [0.1, 0.15) is 30.8 Å². The number of hydrogen-bond acceptors (Lipinski definition) is 4. The Morgan fingerprint density at radius 1 is 1.15 bits per heavy atom. The molecule has 0 amide bonds. The number of fused-ring (bicyclic) bond motifs is 1. The summed E-state index contributed by atoms with van der Waals surface area (Å²) in [5.41, 5.74) is 0. The molecular formula is C16H24N2O2. The van der Waals surface area contributed by atoms with E-state index in [-0.39, 0.29) is 0 Å². The van der Waals surface area contributed by atoms with Gasteiger partial charge in [-0.2, -0.15) is 0 Å². The highest BCUT2D eigenvalue weighted by Crippen LogP contribution is 2.35. The Morgan fingerprint density at radius 2 is 2.05 bits per heavy atom. The second kappa shape index (κ2) is 5.17. The third kappa shape index (κ3) is 2.20. The van der Waals surface area contributed by atoms with Gasteiger partial charge in [0.25, 0.3) is 0 Å². The maximum atomic E-state index is 5.75. The first kappa shape index (κ1) is 12.9. The maximum Gasteiger partial charge on any atom is 0.118 e. The van der Waals surface area contributed by atoms with Gasteiger partial charge in [0.15, 0.2) is 0 Å². The normalized spacial score (nSPS) is 35.0. The fourth-order valence-corrected chi connectivity index (χ4v) is 4.31. The Hall–Kier alpha value is -0.840. The minimum Gasteiger partial charge on any atom is -0.465 e. The maximum absolute atomic E-state index is 5.75. The molecule has 1 aromatic heterocycles.